The number of benzene rings is 1. The van der Waals surface area contributed by atoms with E-state index in [9.17, 15) is 0 Å². The quantitative estimate of drug-likeness (QED) is 0.802. The Morgan fingerprint density at radius 1 is 1.21 bits per heavy atom. The molecule has 1 aromatic rings. The first-order valence-corrected chi connectivity index (χ1v) is 7.97. The van der Waals surface area contributed by atoms with Crippen LogP contribution in [0.4, 0.5) is 0 Å². The van der Waals surface area contributed by atoms with Gasteiger partial charge in [0.2, 0.25) is 0 Å². The minimum Gasteiger partial charge on any atom is -0.325 e. The van der Waals surface area contributed by atoms with Gasteiger partial charge in [0, 0.05) is 5.54 Å². The van der Waals surface area contributed by atoms with Gasteiger partial charge in [-0.3, -0.25) is 0 Å². The van der Waals surface area contributed by atoms with Gasteiger partial charge in [-0.25, -0.2) is 0 Å². The smallest absolute Gasteiger partial charge is 0.0157 e. The predicted molar refractivity (Wildman–Crippen MR) is 83.3 cm³/mol. The standard InChI is InChI=1S/C18H29N/c1-3-7-15(2)14-18(19)12-10-17(11-13-18)16-8-5-4-6-9-16/h4-6,8-9,15,17H,3,7,10-14,19H2,1-2H3. The van der Waals surface area contributed by atoms with Crippen LogP contribution in [-0.2, 0) is 0 Å². The maximum atomic E-state index is 6.63. The lowest BCUT2D eigenvalue weighted by atomic mass is 9.71. The highest BCUT2D eigenvalue weighted by atomic mass is 14.7. The van der Waals surface area contributed by atoms with Crippen molar-refractivity contribution in [2.45, 2.75) is 70.3 Å². The van der Waals surface area contributed by atoms with Crippen LogP contribution in [0.3, 0.4) is 0 Å². The molecule has 1 unspecified atom stereocenters. The first-order valence-electron chi connectivity index (χ1n) is 7.97. The average Bonchev–Trinajstić information content (AvgIpc) is 2.40. The summed E-state index contributed by atoms with van der Waals surface area (Å²) in [6, 6.07) is 11.0. The highest BCUT2D eigenvalue weighted by Crippen LogP contribution is 2.39. The van der Waals surface area contributed by atoms with E-state index in [4.69, 9.17) is 5.73 Å². The monoisotopic (exact) mass is 259 g/mol. The highest BCUT2D eigenvalue weighted by molar-refractivity contribution is 5.20. The molecule has 0 aromatic heterocycles. The molecule has 19 heavy (non-hydrogen) atoms. The zero-order valence-electron chi connectivity index (χ0n) is 12.6. The molecular formula is C18H29N. The van der Waals surface area contributed by atoms with Gasteiger partial charge >= 0.3 is 0 Å². The van der Waals surface area contributed by atoms with Crippen molar-refractivity contribution in [1.82, 2.24) is 0 Å². The van der Waals surface area contributed by atoms with Crippen LogP contribution in [0.15, 0.2) is 30.3 Å². The van der Waals surface area contributed by atoms with Gasteiger partial charge in [-0.1, -0.05) is 57.0 Å². The van der Waals surface area contributed by atoms with Gasteiger partial charge in [-0.15, -0.1) is 0 Å². The van der Waals surface area contributed by atoms with E-state index < -0.39 is 0 Å². The SMILES string of the molecule is CCCC(C)CC1(N)CCC(c2ccccc2)CC1. The molecule has 0 saturated heterocycles. The van der Waals surface area contributed by atoms with Crippen LogP contribution in [0.5, 0.6) is 0 Å². The summed E-state index contributed by atoms with van der Waals surface area (Å²) in [5.41, 5.74) is 8.25. The number of hydrogen-bond acceptors (Lipinski definition) is 1. The Hall–Kier alpha value is -0.820. The van der Waals surface area contributed by atoms with Gasteiger partial charge in [0.1, 0.15) is 0 Å². The molecule has 0 radical (unpaired) electrons. The van der Waals surface area contributed by atoms with Crippen LogP contribution >= 0.6 is 0 Å². The second kappa shape index (κ2) is 6.56. The molecular weight excluding hydrogens is 230 g/mol. The van der Waals surface area contributed by atoms with Gasteiger partial charge in [0.05, 0.1) is 0 Å². The maximum absolute atomic E-state index is 6.63. The first-order chi connectivity index (χ1) is 9.13. The Balaban J connectivity index is 1.88. The highest BCUT2D eigenvalue weighted by Gasteiger charge is 2.33. The molecule has 1 fully saturated rings. The summed E-state index contributed by atoms with van der Waals surface area (Å²) in [5.74, 6) is 1.52. The summed E-state index contributed by atoms with van der Waals surface area (Å²) >= 11 is 0. The second-order valence-corrected chi connectivity index (χ2v) is 6.65. The largest absolute Gasteiger partial charge is 0.325 e. The molecule has 1 nitrogen and oxygen atoms in total. The molecule has 1 saturated carbocycles. The molecule has 1 aromatic carbocycles. The summed E-state index contributed by atoms with van der Waals surface area (Å²) in [4.78, 5) is 0. The molecule has 1 heteroatoms. The van der Waals surface area contributed by atoms with Crippen molar-refractivity contribution >= 4 is 0 Å². The Labute approximate surface area is 118 Å². The lowest BCUT2D eigenvalue weighted by Gasteiger charge is -2.39. The van der Waals surface area contributed by atoms with Crippen molar-refractivity contribution in [3.8, 4) is 0 Å². The van der Waals surface area contributed by atoms with Crippen LogP contribution < -0.4 is 5.73 Å². The van der Waals surface area contributed by atoms with Gasteiger partial charge in [-0.05, 0) is 49.5 Å². The minimum atomic E-state index is 0.111. The molecule has 1 atom stereocenters. The molecule has 1 aliphatic carbocycles. The van der Waals surface area contributed by atoms with E-state index in [0.29, 0.717) is 0 Å². The van der Waals surface area contributed by atoms with E-state index >= 15 is 0 Å². The zero-order chi connectivity index (χ0) is 13.7. The van der Waals surface area contributed by atoms with Gasteiger partial charge < -0.3 is 5.73 Å². The fourth-order valence-electron chi connectivity index (χ4n) is 3.74. The van der Waals surface area contributed by atoms with Crippen molar-refractivity contribution in [2.75, 3.05) is 0 Å². The van der Waals surface area contributed by atoms with Gasteiger partial charge in [0.15, 0.2) is 0 Å². The first kappa shape index (κ1) is 14.6. The van der Waals surface area contributed by atoms with Gasteiger partial charge in [-0.2, -0.15) is 0 Å². The fourth-order valence-corrected chi connectivity index (χ4v) is 3.74. The van der Waals surface area contributed by atoms with Crippen LogP contribution in [0.25, 0.3) is 0 Å². The molecule has 1 aliphatic rings. The summed E-state index contributed by atoms with van der Waals surface area (Å²) in [6.07, 6.45) is 8.73. The zero-order valence-corrected chi connectivity index (χ0v) is 12.6. The third-order valence-electron chi connectivity index (χ3n) is 4.79. The number of rotatable bonds is 5. The molecule has 0 spiro atoms. The summed E-state index contributed by atoms with van der Waals surface area (Å²) in [7, 11) is 0. The average molecular weight is 259 g/mol. The van der Waals surface area contributed by atoms with Crippen molar-refractivity contribution in [1.29, 1.82) is 0 Å². The Kier molecular flexibility index (Phi) is 5.04. The van der Waals surface area contributed by atoms with E-state index in [1.807, 2.05) is 0 Å². The topological polar surface area (TPSA) is 26.0 Å². The Bertz CT molecular complexity index is 363. The molecule has 106 valence electrons. The maximum Gasteiger partial charge on any atom is 0.0157 e. The molecule has 2 N–H and O–H groups in total. The molecule has 2 rings (SSSR count). The number of nitrogens with two attached hydrogens (primary N) is 1. The molecule has 0 amide bonds. The fraction of sp³-hybridized carbons (Fsp3) is 0.667. The lowest BCUT2D eigenvalue weighted by molar-refractivity contribution is 0.222. The van der Waals surface area contributed by atoms with Crippen molar-refractivity contribution in [2.24, 2.45) is 11.7 Å². The van der Waals surface area contributed by atoms with Crippen LogP contribution in [0, 0.1) is 5.92 Å². The molecule has 0 bridgehead atoms. The van der Waals surface area contributed by atoms with Crippen LogP contribution in [0.2, 0.25) is 0 Å². The summed E-state index contributed by atoms with van der Waals surface area (Å²) < 4.78 is 0. The van der Waals surface area contributed by atoms with E-state index in [0.717, 1.165) is 11.8 Å². The van der Waals surface area contributed by atoms with Crippen molar-refractivity contribution < 1.29 is 0 Å². The van der Waals surface area contributed by atoms with Gasteiger partial charge in [0.25, 0.3) is 0 Å². The van der Waals surface area contributed by atoms with E-state index in [1.165, 1.54) is 50.5 Å². The Morgan fingerprint density at radius 3 is 2.42 bits per heavy atom. The van der Waals surface area contributed by atoms with E-state index in [2.05, 4.69) is 44.2 Å². The van der Waals surface area contributed by atoms with Crippen molar-refractivity contribution in [3.05, 3.63) is 35.9 Å². The third-order valence-corrected chi connectivity index (χ3v) is 4.79. The Morgan fingerprint density at radius 2 is 1.84 bits per heavy atom. The molecule has 0 heterocycles. The second-order valence-electron chi connectivity index (χ2n) is 6.65. The van der Waals surface area contributed by atoms with E-state index in [-0.39, 0.29) is 5.54 Å². The minimum absolute atomic E-state index is 0.111. The number of hydrogen-bond donors (Lipinski definition) is 1. The van der Waals surface area contributed by atoms with Crippen LogP contribution in [-0.4, -0.2) is 5.54 Å². The lowest BCUT2D eigenvalue weighted by Crippen LogP contribution is -2.44. The summed E-state index contributed by atoms with van der Waals surface area (Å²) in [5, 5.41) is 0. The molecule has 0 aliphatic heterocycles. The predicted octanol–water partition coefficient (Wildman–Crippen LogP) is 4.87. The van der Waals surface area contributed by atoms with E-state index in [1.54, 1.807) is 0 Å². The van der Waals surface area contributed by atoms with Crippen LogP contribution in [0.1, 0.15) is 70.3 Å². The normalized spacial score (nSPS) is 29.1. The third kappa shape index (κ3) is 4.07. The van der Waals surface area contributed by atoms with Crippen molar-refractivity contribution in [3.63, 3.8) is 0 Å². The summed E-state index contributed by atoms with van der Waals surface area (Å²) in [6.45, 7) is 4.63.